The molecule has 2 N–H and O–H groups in total. The maximum atomic E-state index is 13.5. The Hall–Kier alpha value is -1.26. The zero-order chi connectivity index (χ0) is 28.9. The van der Waals surface area contributed by atoms with E-state index in [9.17, 15) is 26.4 Å². The Bertz CT molecular complexity index is 1200. The molecule has 0 fully saturated rings. The molecule has 0 amide bonds. The van der Waals surface area contributed by atoms with Crippen LogP contribution in [0.1, 0.15) is 72.4 Å². The molecule has 0 spiro atoms. The largest absolute Gasteiger partial charge is 0.385 e. The number of hydrogen-bond acceptors (Lipinski definition) is 10. The Morgan fingerprint density at radius 3 is 2.47 bits per heavy atom. The summed E-state index contributed by atoms with van der Waals surface area (Å²) in [5.41, 5.74) is -2.33. The van der Waals surface area contributed by atoms with Crippen LogP contribution in [0.4, 0.5) is 0 Å². The van der Waals surface area contributed by atoms with Crippen LogP contribution in [0.3, 0.4) is 0 Å². The van der Waals surface area contributed by atoms with Gasteiger partial charge in [-0.2, -0.15) is 9.03 Å². The molecule has 1 aromatic rings. The summed E-state index contributed by atoms with van der Waals surface area (Å²) < 4.78 is 68.2. The smallest absolute Gasteiger partial charge is 0.252 e. The molecule has 1 aromatic heterocycles. The molecule has 38 heavy (non-hydrogen) atoms. The van der Waals surface area contributed by atoms with Crippen LogP contribution in [0, 0.1) is 0 Å². The van der Waals surface area contributed by atoms with E-state index in [4.69, 9.17) is 9.47 Å². The van der Waals surface area contributed by atoms with E-state index in [0.717, 1.165) is 0 Å². The van der Waals surface area contributed by atoms with Crippen LogP contribution in [-0.2, 0) is 39.1 Å². The fraction of sp³-hybridized carbons (Fsp3) is 0.750. The van der Waals surface area contributed by atoms with Gasteiger partial charge in [-0.3, -0.25) is 4.79 Å². The van der Waals surface area contributed by atoms with E-state index >= 15 is 0 Å². The van der Waals surface area contributed by atoms with E-state index in [1.165, 1.54) is 24.2 Å². The number of fused-ring (bicyclic) bond motifs is 1. The topological polar surface area (TPSA) is 148 Å². The average Bonchev–Trinajstić information content (AvgIpc) is 3.34. The van der Waals surface area contributed by atoms with Gasteiger partial charge in [0.1, 0.15) is 20.1 Å². The van der Waals surface area contributed by atoms with E-state index < -0.39 is 43.1 Å². The first-order chi connectivity index (χ1) is 17.6. The number of nitrogens with one attached hydrogen (secondary N) is 2. The lowest BCUT2D eigenvalue weighted by atomic mass is 9.91. The van der Waals surface area contributed by atoms with E-state index in [1.807, 2.05) is 6.92 Å². The number of ether oxygens (including phenoxy) is 2. The molecular formula is C24H41N3O8S3. The van der Waals surface area contributed by atoms with Crippen LogP contribution in [-0.4, -0.2) is 83.8 Å². The second-order valence-electron chi connectivity index (χ2n) is 9.83. The lowest BCUT2D eigenvalue weighted by Crippen LogP contribution is -2.56. The molecule has 2 unspecified atom stereocenters. The normalized spacial score (nSPS) is 21.7. The second kappa shape index (κ2) is 12.9. The van der Waals surface area contributed by atoms with Crippen molar-refractivity contribution in [3.8, 4) is 0 Å². The Morgan fingerprint density at radius 2 is 1.95 bits per heavy atom. The van der Waals surface area contributed by atoms with Crippen LogP contribution in [0.5, 0.6) is 0 Å². The Kier molecular flexibility index (Phi) is 11.2. The number of hydrogen-bond donors (Lipinski definition) is 2. The van der Waals surface area contributed by atoms with Gasteiger partial charge in [-0.1, -0.05) is 20.8 Å². The van der Waals surface area contributed by atoms with Gasteiger partial charge in [0.25, 0.3) is 20.0 Å². The van der Waals surface area contributed by atoms with Gasteiger partial charge in [-0.05, 0) is 52.6 Å². The number of carbonyl (C=O) groups excluding carboxylic acids is 2. The van der Waals surface area contributed by atoms with Crippen LogP contribution in [0.15, 0.2) is 14.5 Å². The summed E-state index contributed by atoms with van der Waals surface area (Å²) in [6, 6.07) is 0.990. The zero-order valence-corrected chi connectivity index (χ0v) is 25.6. The fourth-order valence-electron chi connectivity index (χ4n) is 4.22. The number of rotatable bonds is 16. The summed E-state index contributed by atoms with van der Waals surface area (Å²) in [6.07, 6.45) is 0.515. The Labute approximate surface area is 230 Å². The van der Waals surface area contributed by atoms with Crippen molar-refractivity contribution in [1.82, 2.24) is 14.3 Å². The third kappa shape index (κ3) is 7.08. The van der Waals surface area contributed by atoms with Crippen molar-refractivity contribution < 1.29 is 35.9 Å². The minimum Gasteiger partial charge on any atom is -0.385 e. The van der Waals surface area contributed by atoms with Crippen LogP contribution in [0.2, 0.25) is 0 Å². The summed E-state index contributed by atoms with van der Waals surface area (Å²) in [5, 5.41) is 3.24. The molecule has 218 valence electrons. The highest BCUT2D eigenvalue weighted by Gasteiger charge is 2.44. The number of likely N-dealkylation sites (N-methyl/N-ethyl adjacent to an activating group) is 1. The molecular weight excluding hydrogens is 554 g/mol. The molecule has 4 atom stereocenters. The van der Waals surface area contributed by atoms with Crippen molar-refractivity contribution >= 4 is 43.5 Å². The maximum absolute atomic E-state index is 13.5. The molecule has 0 saturated carbocycles. The van der Waals surface area contributed by atoms with E-state index in [0.29, 0.717) is 49.2 Å². The molecule has 0 bridgehead atoms. The summed E-state index contributed by atoms with van der Waals surface area (Å²) in [6.45, 7) is 11.2. The summed E-state index contributed by atoms with van der Waals surface area (Å²) in [4.78, 5) is 24.8. The summed E-state index contributed by atoms with van der Waals surface area (Å²) in [5.74, 6) is -0.533. The quantitative estimate of drug-likeness (QED) is 0.217. The highest BCUT2D eigenvalue weighted by Crippen LogP contribution is 2.40. The molecule has 2 heterocycles. The van der Waals surface area contributed by atoms with Crippen molar-refractivity contribution in [3.05, 3.63) is 11.6 Å². The SMILES string of the molecule is CCN[C@H]1CN(CCCOC)S(=O)(=O)c2sc(S(=O)(=O)NC(C)(CC)C(=O)[C@H](C)OC(C)(C=O)CC)cc21. The molecule has 0 saturated heterocycles. The van der Waals surface area contributed by atoms with Crippen molar-refractivity contribution in [3.63, 3.8) is 0 Å². The second-order valence-corrected chi connectivity index (χ2v) is 14.9. The first-order valence-electron chi connectivity index (χ1n) is 12.7. The fourth-order valence-corrected chi connectivity index (χ4v) is 9.56. The van der Waals surface area contributed by atoms with Gasteiger partial charge in [0.15, 0.2) is 12.1 Å². The van der Waals surface area contributed by atoms with Gasteiger partial charge in [0.2, 0.25) is 0 Å². The van der Waals surface area contributed by atoms with Gasteiger partial charge < -0.3 is 19.6 Å². The average molecular weight is 596 g/mol. The van der Waals surface area contributed by atoms with Gasteiger partial charge in [-0.15, -0.1) is 11.3 Å². The predicted molar refractivity (Wildman–Crippen MR) is 145 cm³/mol. The van der Waals surface area contributed by atoms with Crippen molar-refractivity contribution in [2.24, 2.45) is 0 Å². The number of ketones is 1. The van der Waals surface area contributed by atoms with Gasteiger partial charge in [0.05, 0.1) is 5.54 Å². The first-order valence-corrected chi connectivity index (χ1v) is 16.5. The van der Waals surface area contributed by atoms with Crippen LogP contribution < -0.4 is 10.0 Å². The molecule has 14 heteroatoms. The van der Waals surface area contributed by atoms with Gasteiger partial charge in [-0.25, -0.2) is 16.8 Å². The first kappa shape index (κ1) is 32.9. The predicted octanol–water partition coefficient (Wildman–Crippen LogP) is 2.23. The highest BCUT2D eigenvalue weighted by molar-refractivity contribution is 7.94. The monoisotopic (exact) mass is 595 g/mol. The molecule has 0 radical (unpaired) electrons. The summed E-state index contributed by atoms with van der Waals surface area (Å²) >= 11 is 0.670. The summed E-state index contributed by atoms with van der Waals surface area (Å²) in [7, 11) is -6.67. The third-order valence-electron chi connectivity index (χ3n) is 6.89. The number of thiophene rings is 1. The number of carbonyl (C=O) groups is 2. The Balaban J connectivity index is 2.42. The lowest BCUT2D eigenvalue weighted by Gasteiger charge is -2.33. The third-order valence-corrected chi connectivity index (χ3v) is 12.5. The number of methoxy groups -OCH3 is 1. The Morgan fingerprint density at radius 1 is 1.29 bits per heavy atom. The number of Topliss-reactive ketones (excluding diaryl/α,β-unsaturated/α-hetero) is 1. The standard InChI is InChI=1S/C24H41N3O8S3/c1-8-23(5,16-28)35-17(4)21(29)24(6,9-2)26-37(30,31)20-14-18-19(25-10-3)15-27(12-11-13-34-7)38(32,33)22(18)36-20/h14,16-17,19,25-26H,8-13,15H2,1-7H3/t17-,19-,23?,24?/m0/s1. The molecule has 1 aliphatic heterocycles. The number of sulfonamides is 2. The van der Waals surface area contributed by atoms with Gasteiger partial charge in [0, 0.05) is 38.4 Å². The van der Waals surface area contributed by atoms with Crippen molar-refractivity contribution in [2.75, 3.05) is 33.4 Å². The molecule has 0 aromatic carbocycles. The molecule has 11 nitrogen and oxygen atoms in total. The van der Waals surface area contributed by atoms with Crippen molar-refractivity contribution in [1.29, 1.82) is 0 Å². The van der Waals surface area contributed by atoms with Crippen molar-refractivity contribution in [2.45, 2.75) is 92.5 Å². The molecule has 1 aliphatic rings. The highest BCUT2D eigenvalue weighted by atomic mass is 32.3. The van der Waals surface area contributed by atoms with Crippen LogP contribution >= 0.6 is 11.3 Å². The van der Waals surface area contributed by atoms with E-state index in [-0.39, 0.29) is 34.0 Å². The number of nitrogens with zero attached hydrogens (tertiary/aromatic N) is 1. The zero-order valence-electron chi connectivity index (χ0n) is 23.2. The molecule has 0 aliphatic carbocycles. The lowest BCUT2D eigenvalue weighted by molar-refractivity contribution is -0.152. The van der Waals surface area contributed by atoms with Gasteiger partial charge >= 0.3 is 0 Å². The minimum absolute atomic E-state index is 0.0292. The maximum Gasteiger partial charge on any atom is 0.252 e. The number of aldehydes is 1. The van der Waals surface area contributed by atoms with E-state index in [2.05, 4.69) is 10.0 Å². The van der Waals surface area contributed by atoms with Crippen LogP contribution in [0.25, 0.3) is 0 Å². The van der Waals surface area contributed by atoms with E-state index in [1.54, 1.807) is 27.9 Å². The minimum atomic E-state index is -4.29. The molecule has 2 rings (SSSR count).